The molecule has 0 unspecified atom stereocenters. The van der Waals surface area contributed by atoms with Gasteiger partial charge in [-0.25, -0.2) is 4.98 Å². The molecule has 0 radical (unpaired) electrons. The van der Waals surface area contributed by atoms with Crippen LogP contribution in [-0.4, -0.2) is 37.8 Å². The molecule has 4 nitrogen and oxygen atoms in total. The lowest BCUT2D eigenvalue weighted by Gasteiger charge is -2.29. The van der Waals surface area contributed by atoms with Crippen LogP contribution in [0.15, 0.2) is 30.5 Å². The van der Waals surface area contributed by atoms with Crippen molar-refractivity contribution in [3.05, 3.63) is 36.0 Å². The number of pyridine rings is 1. The average molecular weight is 287 g/mol. The summed E-state index contributed by atoms with van der Waals surface area (Å²) in [5.74, 6) is 1.91. The van der Waals surface area contributed by atoms with Gasteiger partial charge < -0.3 is 15.0 Å². The van der Waals surface area contributed by atoms with E-state index < -0.39 is 0 Å². The van der Waals surface area contributed by atoms with E-state index in [4.69, 9.17) is 4.74 Å². The first kappa shape index (κ1) is 14.5. The van der Waals surface area contributed by atoms with Crippen LogP contribution in [0, 0.1) is 5.92 Å². The van der Waals surface area contributed by atoms with Crippen LogP contribution in [0.1, 0.15) is 24.8 Å². The molecule has 2 heterocycles. The van der Waals surface area contributed by atoms with Gasteiger partial charge in [0.05, 0.1) is 13.2 Å². The Morgan fingerprint density at radius 2 is 2.19 bits per heavy atom. The monoisotopic (exact) mass is 287 g/mol. The largest absolute Gasteiger partial charge is 0.378 e. The molecule has 1 atom stereocenters. The van der Waals surface area contributed by atoms with Gasteiger partial charge in [-0.15, -0.1) is 0 Å². The highest BCUT2D eigenvalue weighted by Crippen LogP contribution is 2.20. The zero-order chi connectivity index (χ0) is 14.3. The zero-order valence-corrected chi connectivity index (χ0v) is 12.6. The summed E-state index contributed by atoms with van der Waals surface area (Å²) in [6, 6.07) is 4.22. The van der Waals surface area contributed by atoms with Gasteiger partial charge in [-0.05, 0) is 37.8 Å². The third-order valence-electron chi connectivity index (χ3n) is 4.30. The van der Waals surface area contributed by atoms with E-state index in [2.05, 4.69) is 33.4 Å². The van der Waals surface area contributed by atoms with Gasteiger partial charge in [-0.2, -0.15) is 0 Å². The number of anilines is 1. The van der Waals surface area contributed by atoms with Gasteiger partial charge in [0.15, 0.2) is 0 Å². The fraction of sp³-hybridized carbons (Fsp3) is 0.588. The Morgan fingerprint density at radius 1 is 1.29 bits per heavy atom. The van der Waals surface area contributed by atoms with Crippen molar-refractivity contribution in [3.8, 4) is 0 Å². The van der Waals surface area contributed by atoms with Crippen LogP contribution in [0.25, 0.3) is 0 Å². The predicted octanol–water partition coefficient (Wildman–Crippen LogP) is 2.36. The van der Waals surface area contributed by atoms with Gasteiger partial charge in [0.25, 0.3) is 0 Å². The Morgan fingerprint density at radius 3 is 3.00 bits per heavy atom. The van der Waals surface area contributed by atoms with Gasteiger partial charge in [0, 0.05) is 31.4 Å². The minimum atomic E-state index is 0.790. The highest BCUT2D eigenvalue weighted by molar-refractivity contribution is 5.46. The number of hydrogen-bond acceptors (Lipinski definition) is 4. The Labute approximate surface area is 127 Å². The number of hydrogen-bond donors (Lipinski definition) is 1. The Hall–Kier alpha value is -1.39. The van der Waals surface area contributed by atoms with E-state index in [9.17, 15) is 0 Å². The first-order valence-electron chi connectivity index (χ1n) is 8.06. The van der Waals surface area contributed by atoms with Crippen LogP contribution in [-0.2, 0) is 11.3 Å². The van der Waals surface area contributed by atoms with E-state index in [1.165, 1.54) is 24.8 Å². The standard InChI is InChI=1S/C17H25N3O/c1-2-5-15(6-3-1)13-18-14-16-7-4-8-19-17(16)20-9-11-21-12-10-20/h1-2,4,7-8,15,18H,3,5-6,9-14H2/t15-/m1/s1. The molecule has 1 N–H and O–H groups in total. The number of ether oxygens (including phenoxy) is 1. The molecule has 0 bridgehead atoms. The molecule has 114 valence electrons. The van der Waals surface area contributed by atoms with Crippen LogP contribution in [0.5, 0.6) is 0 Å². The van der Waals surface area contributed by atoms with Crippen LogP contribution in [0.4, 0.5) is 5.82 Å². The molecule has 21 heavy (non-hydrogen) atoms. The second-order valence-corrected chi connectivity index (χ2v) is 5.87. The lowest BCUT2D eigenvalue weighted by molar-refractivity contribution is 0.122. The van der Waals surface area contributed by atoms with Crippen molar-refractivity contribution in [2.45, 2.75) is 25.8 Å². The molecule has 1 aliphatic heterocycles. The topological polar surface area (TPSA) is 37.4 Å². The van der Waals surface area contributed by atoms with E-state index in [-0.39, 0.29) is 0 Å². The van der Waals surface area contributed by atoms with Crippen molar-refractivity contribution in [3.63, 3.8) is 0 Å². The maximum Gasteiger partial charge on any atom is 0.133 e. The maximum absolute atomic E-state index is 5.43. The van der Waals surface area contributed by atoms with Crippen LogP contribution < -0.4 is 10.2 Å². The van der Waals surface area contributed by atoms with Gasteiger partial charge in [-0.3, -0.25) is 0 Å². The summed E-state index contributed by atoms with van der Waals surface area (Å²) in [7, 11) is 0. The first-order chi connectivity index (χ1) is 10.4. The highest BCUT2D eigenvalue weighted by atomic mass is 16.5. The summed E-state index contributed by atoms with van der Waals surface area (Å²) in [5.41, 5.74) is 1.30. The lowest BCUT2D eigenvalue weighted by atomic mass is 9.94. The molecule has 1 aromatic heterocycles. The fourth-order valence-electron chi connectivity index (χ4n) is 3.08. The molecular weight excluding hydrogens is 262 g/mol. The number of nitrogens with one attached hydrogen (secondary N) is 1. The van der Waals surface area contributed by atoms with E-state index in [1.807, 2.05) is 12.3 Å². The Bertz CT molecular complexity index is 469. The SMILES string of the molecule is C1=CC[C@@H](CNCc2cccnc2N2CCOCC2)CC1. The molecule has 3 rings (SSSR count). The molecule has 1 fully saturated rings. The first-order valence-corrected chi connectivity index (χ1v) is 8.06. The normalized spacial score (nSPS) is 22.5. The summed E-state index contributed by atoms with van der Waals surface area (Å²) in [4.78, 5) is 6.92. The van der Waals surface area contributed by atoms with E-state index >= 15 is 0 Å². The summed E-state index contributed by atoms with van der Waals surface area (Å²) in [5, 5.41) is 3.62. The summed E-state index contributed by atoms with van der Waals surface area (Å²) >= 11 is 0. The third-order valence-corrected chi connectivity index (χ3v) is 4.30. The van der Waals surface area contributed by atoms with Crippen molar-refractivity contribution in [1.82, 2.24) is 10.3 Å². The Kier molecular flexibility index (Phi) is 5.24. The summed E-state index contributed by atoms with van der Waals surface area (Å²) < 4.78 is 5.43. The minimum Gasteiger partial charge on any atom is -0.378 e. The van der Waals surface area contributed by atoms with Gasteiger partial charge in [0.2, 0.25) is 0 Å². The second kappa shape index (κ2) is 7.57. The minimum absolute atomic E-state index is 0.790. The number of aromatic nitrogens is 1. The van der Waals surface area contributed by atoms with Crippen molar-refractivity contribution in [1.29, 1.82) is 0 Å². The number of rotatable bonds is 5. The zero-order valence-electron chi connectivity index (χ0n) is 12.6. The predicted molar refractivity (Wildman–Crippen MR) is 85.5 cm³/mol. The van der Waals surface area contributed by atoms with Crippen LogP contribution >= 0.6 is 0 Å². The molecular formula is C17H25N3O. The molecule has 1 saturated heterocycles. The van der Waals surface area contributed by atoms with Crippen molar-refractivity contribution >= 4 is 5.82 Å². The third kappa shape index (κ3) is 4.05. The lowest BCUT2D eigenvalue weighted by Crippen LogP contribution is -2.37. The molecule has 4 heteroatoms. The van der Waals surface area contributed by atoms with Crippen LogP contribution in [0.3, 0.4) is 0 Å². The number of allylic oxidation sites excluding steroid dienone is 2. The molecule has 2 aliphatic rings. The summed E-state index contributed by atoms with van der Waals surface area (Å²) in [6.45, 7) is 5.49. The van der Waals surface area contributed by atoms with E-state index in [1.54, 1.807) is 0 Å². The van der Waals surface area contributed by atoms with Crippen LogP contribution in [0.2, 0.25) is 0 Å². The molecule has 1 aromatic rings. The molecule has 0 spiro atoms. The molecule has 1 aliphatic carbocycles. The summed E-state index contributed by atoms with van der Waals surface area (Å²) in [6.07, 6.45) is 10.3. The highest BCUT2D eigenvalue weighted by Gasteiger charge is 2.16. The smallest absolute Gasteiger partial charge is 0.133 e. The molecule has 0 amide bonds. The number of morpholine rings is 1. The van der Waals surface area contributed by atoms with Crippen molar-refractivity contribution < 1.29 is 4.74 Å². The van der Waals surface area contributed by atoms with Gasteiger partial charge >= 0.3 is 0 Å². The van der Waals surface area contributed by atoms with E-state index in [0.29, 0.717) is 0 Å². The maximum atomic E-state index is 5.43. The fourth-order valence-corrected chi connectivity index (χ4v) is 3.08. The van der Waals surface area contributed by atoms with E-state index in [0.717, 1.165) is 51.1 Å². The molecule has 0 aromatic carbocycles. The van der Waals surface area contributed by atoms with Crippen molar-refractivity contribution in [2.24, 2.45) is 5.92 Å². The second-order valence-electron chi connectivity index (χ2n) is 5.87. The average Bonchev–Trinajstić information content (AvgIpc) is 2.57. The van der Waals surface area contributed by atoms with Gasteiger partial charge in [-0.1, -0.05) is 18.2 Å². The van der Waals surface area contributed by atoms with Crippen molar-refractivity contribution in [2.75, 3.05) is 37.7 Å². The van der Waals surface area contributed by atoms with Gasteiger partial charge in [0.1, 0.15) is 5.82 Å². The number of nitrogens with zero attached hydrogens (tertiary/aromatic N) is 2. The quantitative estimate of drug-likeness (QED) is 0.844. The molecule has 0 saturated carbocycles. The Balaban J connectivity index is 1.55.